The van der Waals surface area contributed by atoms with Crippen molar-refractivity contribution in [2.24, 2.45) is 0 Å². The molecule has 1 saturated heterocycles. The van der Waals surface area contributed by atoms with Gasteiger partial charge in [0.25, 0.3) is 0 Å². The third kappa shape index (κ3) is 2.90. The number of carbonyl (C=O) groups excluding carboxylic acids is 1. The molecule has 1 aliphatic rings. The maximum absolute atomic E-state index is 12.4. The average molecular weight is 302 g/mol. The highest BCUT2D eigenvalue weighted by Crippen LogP contribution is 2.25. The molecular weight excluding hydrogens is 284 g/mol. The first-order valence-electron chi connectivity index (χ1n) is 7.12. The Morgan fingerprint density at radius 3 is 3.14 bits per heavy atom. The Morgan fingerprint density at radius 1 is 1.48 bits per heavy atom. The van der Waals surface area contributed by atoms with Gasteiger partial charge >= 0.3 is 6.03 Å². The molecule has 21 heavy (non-hydrogen) atoms. The topological polar surface area (TPSA) is 58.1 Å². The summed E-state index contributed by atoms with van der Waals surface area (Å²) in [5.41, 5.74) is 1.77. The molecule has 0 saturated carbocycles. The molecule has 1 unspecified atom stereocenters. The van der Waals surface area contributed by atoms with Gasteiger partial charge in [-0.05, 0) is 38.3 Å². The number of nitrogens with one attached hydrogen (secondary N) is 1. The zero-order valence-corrected chi connectivity index (χ0v) is 12.8. The van der Waals surface area contributed by atoms with Crippen molar-refractivity contribution in [2.45, 2.75) is 32.2 Å². The molecule has 1 atom stereocenters. The number of anilines is 1. The van der Waals surface area contributed by atoms with E-state index in [0.29, 0.717) is 5.13 Å². The highest BCUT2D eigenvalue weighted by molar-refractivity contribution is 7.21. The SMILES string of the molecule is C=CC1CCCCN1C(=O)Nc1nc2ccc(C)nc2s1. The average Bonchev–Trinajstić information content (AvgIpc) is 2.88. The predicted molar refractivity (Wildman–Crippen MR) is 85.7 cm³/mol. The first-order valence-corrected chi connectivity index (χ1v) is 7.93. The maximum atomic E-state index is 12.4. The second-order valence-electron chi connectivity index (χ2n) is 5.22. The fraction of sp³-hybridized carbons (Fsp3) is 0.400. The van der Waals surface area contributed by atoms with Crippen molar-refractivity contribution in [1.29, 1.82) is 0 Å². The lowest BCUT2D eigenvalue weighted by molar-refractivity contribution is 0.180. The molecule has 2 amide bonds. The number of hydrogen-bond donors (Lipinski definition) is 1. The number of thiazole rings is 1. The molecule has 2 aromatic heterocycles. The van der Waals surface area contributed by atoms with Crippen LogP contribution in [-0.4, -0.2) is 33.5 Å². The van der Waals surface area contributed by atoms with Crippen LogP contribution in [0.25, 0.3) is 10.3 Å². The van der Waals surface area contributed by atoms with Crippen LogP contribution < -0.4 is 5.32 Å². The van der Waals surface area contributed by atoms with Gasteiger partial charge in [-0.25, -0.2) is 14.8 Å². The van der Waals surface area contributed by atoms with E-state index in [1.807, 2.05) is 30.0 Å². The van der Waals surface area contributed by atoms with Crippen LogP contribution in [0.4, 0.5) is 9.93 Å². The molecule has 110 valence electrons. The van der Waals surface area contributed by atoms with Crippen molar-refractivity contribution in [3.05, 3.63) is 30.5 Å². The van der Waals surface area contributed by atoms with E-state index in [-0.39, 0.29) is 12.1 Å². The van der Waals surface area contributed by atoms with E-state index >= 15 is 0 Å². The van der Waals surface area contributed by atoms with Gasteiger partial charge in [0.05, 0.1) is 6.04 Å². The number of rotatable bonds is 2. The second kappa shape index (κ2) is 5.81. The Balaban J connectivity index is 1.77. The monoisotopic (exact) mass is 302 g/mol. The number of piperidine rings is 1. The molecule has 1 aliphatic heterocycles. The standard InChI is InChI=1S/C15H18N4OS/c1-3-11-6-4-5-9-19(11)15(20)18-14-17-12-8-7-10(2)16-13(12)21-14/h3,7-8,11H,1,4-6,9H2,2H3,(H,17,18,20). The third-order valence-corrected chi connectivity index (χ3v) is 4.57. The van der Waals surface area contributed by atoms with E-state index in [1.54, 1.807) is 0 Å². The van der Waals surface area contributed by atoms with Gasteiger partial charge in [-0.15, -0.1) is 6.58 Å². The molecule has 0 aliphatic carbocycles. The minimum absolute atomic E-state index is 0.102. The van der Waals surface area contributed by atoms with Crippen molar-refractivity contribution in [2.75, 3.05) is 11.9 Å². The van der Waals surface area contributed by atoms with Crippen molar-refractivity contribution >= 4 is 32.8 Å². The zero-order chi connectivity index (χ0) is 14.8. The van der Waals surface area contributed by atoms with Gasteiger partial charge in [0, 0.05) is 12.2 Å². The number of aromatic nitrogens is 2. The van der Waals surface area contributed by atoms with Crippen LogP contribution in [0.3, 0.4) is 0 Å². The molecule has 0 radical (unpaired) electrons. The van der Waals surface area contributed by atoms with E-state index in [4.69, 9.17) is 0 Å². The zero-order valence-electron chi connectivity index (χ0n) is 12.0. The number of pyridine rings is 1. The van der Waals surface area contributed by atoms with Gasteiger partial charge < -0.3 is 4.90 Å². The van der Waals surface area contributed by atoms with Gasteiger partial charge in [0.2, 0.25) is 0 Å². The number of nitrogens with zero attached hydrogens (tertiary/aromatic N) is 3. The third-order valence-electron chi connectivity index (χ3n) is 3.69. The molecule has 3 rings (SSSR count). The number of likely N-dealkylation sites (tertiary alicyclic amines) is 1. The summed E-state index contributed by atoms with van der Waals surface area (Å²) in [6, 6.07) is 3.87. The lowest BCUT2D eigenvalue weighted by atomic mass is 10.0. The molecular formula is C15H18N4OS. The van der Waals surface area contributed by atoms with E-state index in [9.17, 15) is 4.79 Å². The van der Waals surface area contributed by atoms with Crippen LogP contribution in [-0.2, 0) is 0 Å². The molecule has 5 nitrogen and oxygen atoms in total. The van der Waals surface area contributed by atoms with E-state index in [0.717, 1.165) is 41.8 Å². The van der Waals surface area contributed by atoms with Crippen LogP contribution in [0.1, 0.15) is 25.0 Å². The first kappa shape index (κ1) is 14.0. The van der Waals surface area contributed by atoms with Gasteiger partial charge in [0.1, 0.15) is 10.3 Å². The summed E-state index contributed by atoms with van der Waals surface area (Å²) >= 11 is 1.41. The highest BCUT2D eigenvalue weighted by Gasteiger charge is 2.25. The Morgan fingerprint density at radius 2 is 2.33 bits per heavy atom. The number of amides is 2. The summed E-state index contributed by atoms with van der Waals surface area (Å²) in [4.78, 5) is 23.9. The molecule has 1 fully saturated rings. The first-order chi connectivity index (χ1) is 10.2. The number of aryl methyl sites for hydroxylation is 1. The van der Waals surface area contributed by atoms with Gasteiger partial charge in [-0.1, -0.05) is 17.4 Å². The smallest absolute Gasteiger partial charge is 0.318 e. The Hall–Kier alpha value is -1.95. The van der Waals surface area contributed by atoms with E-state index in [1.165, 1.54) is 11.3 Å². The van der Waals surface area contributed by atoms with Gasteiger partial charge in [0.15, 0.2) is 5.13 Å². The van der Waals surface area contributed by atoms with E-state index < -0.39 is 0 Å². The fourth-order valence-corrected chi connectivity index (χ4v) is 3.45. The van der Waals surface area contributed by atoms with Crippen molar-refractivity contribution in [3.63, 3.8) is 0 Å². The lowest BCUT2D eigenvalue weighted by Gasteiger charge is -2.33. The minimum Gasteiger partial charge on any atom is -0.318 e. The number of fused-ring (bicyclic) bond motifs is 1. The maximum Gasteiger partial charge on any atom is 0.324 e. The predicted octanol–water partition coefficient (Wildman–Crippen LogP) is 3.57. The fourth-order valence-electron chi connectivity index (χ4n) is 2.58. The van der Waals surface area contributed by atoms with Crippen LogP contribution in [0, 0.1) is 6.92 Å². The summed E-state index contributed by atoms with van der Waals surface area (Å²) in [7, 11) is 0. The summed E-state index contributed by atoms with van der Waals surface area (Å²) in [6.45, 7) is 6.54. The molecule has 3 heterocycles. The summed E-state index contributed by atoms with van der Waals surface area (Å²) in [5, 5.41) is 3.49. The summed E-state index contributed by atoms with van der Waals surface area (Å²) < 4.78 is 0. The van der Waals surface area contributed by atoms with Crippen molar-refractivity contribution in [3.8, 4) is 0 Å². The lowest BCUT2D eigenvalue weighted by Crippen LogP contribution is -2.44. The summed E-state index contributed by atoms with van der Waals surface area (Å²) in [5.74, 6) is 0. The van der Waals surface area contributed by atoms with Crippen LogP contribution in [0.2, 0.25) is 0 Å². The van der Waals surface area contributed by atoms with Crippen LogP contribution in [0.15, 0.2) is 24.8 Å². The molecule has 2 aromatic rings. The summed E-state index contributed by atoms with van der Waals surface area (Å²) in [6.07, 6.45) is 5.02. The second-order valence-corrected chi connectivity index (χ2v) is 6.20. The van der Waals surface area contributed by atoms with Crippen molar-refractivity contribution in [1.82, 2.24) is 14.9 Å². The quantitative estimate of drug-likeness (QED) is 0.863. The Bertz CT molecular complexity index is 681. The molecule has 0 aromatic carbocycles. The van der Waals surface area contributed by atoms with E-state index in [2.05, 4.69) is 21.9 Å². The van der Waals surface area contributed by atoms with Crippen molar-refractivity contribution < 1.29 is 4.79 Å². The number of carbonyl (C=O) groups is 1. The molecule has 6 heteroatoms. The normalized spacial score (nSPS) is 18.7. The number of urea groups is 1. The minimum atomic E-state index is -0.102. The molecule has 1 N–H and O–H groups in total. The number of hydrogen-bond acceptors (Lipinski definition) is 4. The molecule has 0 spiro atoms. The van der Waals surface area contributed by atoms with Crippen LogP contribution >= 0.6 is 11.3 Å². The van der Waals surface area contributed by atoms with Crippen LogP contribution in [0.5, 0.6) is 0 Å². The van der Waals surface area contributed by atoms with Gasteiger partial charge in [-0.3, -0.25) is 5.32 Å². The molecule has 0 bridgehead atoms. The van der Waals surface area contributed by atoms with Gasteiger partial charge in [-0.2, -0.15) is 0 Å². The highest BCUT2D eigenvalue weighted by atomic mass is 32.1. The largest absolute Gasteiger partial charge is 0.324 e. The Labute approximate surface area is 127 Å². The Kier molecular flexibility index (Phi) is 3.88.